The van der Waals surface area contributed by atoms with Crippen molar-refractivity contribution in [1.82, 2.24) is 5.32 Å². The van der Waals surface area contributed by atoms with Gasteiger partial charge in [0, 0.05) is 12.6 Å². The molecular formula is C11H23N3O. The number of rotatable bonds is 4. The predicted octanol–water partition coefficient (Wildman–Crippen LogP) is 0.213. The molecule has 88 valence electrons. The smallest absolute Gasteiger partial charge is 0.235 e. The molecule has 3 atom stereocenters. The van der Waals surface area contributed by atoms with Crippen molar-refractivity contribution in [2.24, 2.45) is 23.3 Å². The lowest BCUT2D eigenvalue weighted by Crippen LogP contribution is -2.48. The summed E-state index contributed by atoms with van der Waals surface area (Å²) >= 11 is 0. The minimum absolute atomic E-state index is 0.431. The van der Waals surface area contributed by atoms with Gasteiger partial charge in [0.1, 0.15) is 0 Å². The fourth-order valence-corrected chi connectivity index (χ4v) is 2.51. The Balaban J connectivity index is 2.29. The van der Waals surface area contributed by atoms with Crippen LogP contribution >= 0.6 is 0 Å². The van der Waals surface area contributed by atoms with Crippen LogP contribution in [0.3, 0.4) is 0 Å². The summed E-state index contributed by atoms with van der Waals surface area (Å²) in [6.07, 6.45) is 3.66. The third-order valence-electron chi connectivity index (χ3n) is 3.17. The van der Waals surface area contributed by atoms with Crippen LogP contribution in [-0.2, 0) is 4.79 Å². The van der Waals surface area contributed by atoms with Crippen LogP contribution in [0.1, 0.15) is 33.1 Å². The molecule has 0 heterocycles. The molecule has 0 radical (unpaired) electrons. The Bertz CT molecular complexity index is 210. The highest BCUT2D eigenvalue weighted by Gasteiger charge is 2.24. The molecule has 0 spiro atoms. The molecule has 0 aromatic heterocycles. The Morgan fingerprint density at radius 1 is 1.33 bits per heavy atom. The number of nitrogens with one attached hydrogen (secondary N) is 1. The molecular weight excluding hydrogens is 190 g/mol. The second kappa shape index (κ2) is 5.47. The van der Waals surface area contributed by atoms with Crippen LogP contribution in [0.4, 0.5) is 0 Å². The van der Waals surface area contributed by atoms with Gasteiger partial charge in [-0.15, -0.1) is 0 Å². The maximum Gasteiger partial charge on any atom is 0.235 e. The maximum absolute atomic E-state index is 10.8. The van der Waals surface area contributed by atoms with Gasteiger partial charge >= 0.3 is 0 Å². The van der Waals surface area contributed by atoms with E-state index in [4.69, 9.17) is 11.5 Å². The van der Waals surface area contributed by atoms with Crippen LogP contribution in [0.2, 0.25) is 0 Å². The van der Waals surface area contributed by atoms with Crippen molar-refractivity contribution in [2.75, 3.05) is 6.54 Å². The molecule has 1 saturated carbocycles. The summed E-state index contributed by atoms with van der Waals surface area (Å²) in [5.74, 6) is 1.09. The molecule has 15 heavy (non-hydrogen) atoms. The average Bonchev–Trinajstić information content (AvgIpc) is 2.12. The van der Waals surface area contributed by atoms with E-state index in [1.54, 1.807) is 0 Å². The van der Waals surface area contributed by atoms with E-state index in [1.165, 1.54) is 19.3 Å². The van der Waals surface area contributed by atoms with Crippen molar-refractivity contribution >= 4 is 5.91 Å². The Hall–Kier alpha value is -0.610. The maximum atomic E-state index is 10.8. The first-order valence-corrected chi connectivity index (χ1v) is 5.77. The zero-order valence-electron chi connectivity index (χ0n) is 9.70. The van der Waals surface area contributed by atoms with Gasteiger partial charge in [-0.1, -0.05) is 13.8 Å². The number of primary amides is 1. The van der Waals surface area contributed by atoms with Crippen molar-refractivity contribution in [3.63, 3.8) is 0 Å². The molecule has 5 N–H and O–H groups in total. The summed E-state index contributed by atoms with van der Waals surface area (Å²) in [7, 11) is 0. The van der Waals surface area contributed by atoms with Gasteiger partial charge in [0.15, 0.2) is 0 Å². The number of amides is 1. The molecule has 1 amide bonds. The zero-order valence-corrected chi connectivity index (χ0v) is 9.70. The minimum atomic E-state index is -0.558. The van der Waals surface area contributed by atoms with E-state index in [2.05, 4.69) is 19.2 Å². The highest BCUT2D eigenvalue weighted by molar-refractivity contribution is 5.79. The summed E-state index contributed by atoms with van der Waals surface area (Å²) in [5, 5.41) is 3.34. The Labute approximate surface area is 91.8 Å². The van der Waals surface area contributed by atoms with Crippen LogP contribution < -0.4 is 16.8 Å². The second-order valence-electron chi connectivity index (χ2n) is 5.03. The van der Waals surface area contributed by atoms with Gasteiger partial charge in [0.2, 0.25) is 5.91 Å². The van der Waals surface area contributed by atoms with Crippen molar-refractivity contribution in [1.29, 1.82) is 0 Å². The lowest BCUT2D eigenvalue weighted by molar-refractivity contribution is -0.119. The van der Waals surface area contributed by atoms with Crippen LogP contribution in [-0.4, -0.2) is 24.5 Å². The SMILES string of the molecule is CC1CC(C)CC(NCC(N)C(N)=O)C1. The van der Waals surface area contributed by atoms with Gasteiger partial charge in [-0.3, -0.25) is 4.79 Å². The number of carbonyl (C=O) groups excluding carboxylic acids is 1. The van der Waals surface area contributed by atoms with Crippen molar-refractivity contribution in [3.05, 3.63) is 0 Å². The quantitative estimate of drug-likeness (QED) is 0.624. The molecule has 1 rings (SSSR count). The fraction of sp³-hybridized carbons (Fsp3) is 0.909. The average molecular weight is 213 g/mol. The molecule has 3 unspecified atom stereocenters. The second-order valence-corrected chi connectivity index (χ2v) is 5.03. The molecule has 0 aliphatic heterocycles. The van der Waals surface area contributed by atoms with E-state index in [0.29, 0.717) is 12.6 Å². The van der Waals surface area contributed by atoms with Crippen LogP contribution in [0.5, 0.6) is 0 Å². The van der Waals surface area contributed by atoms with Crippen LogP contribution in [0.25, 0.3) is 0 Å². The van der Waals surface area contributed by atoms with E-state index in [1.807, 2.05) is 0 Å². The topological polar surface area (TPSA) is 81.1 Å². The molecule has 4 heteroatoms. The Kier molecular flexibility index (Phi) is 4.54. The number of hydrogen-bond acceptors (Lipinski definition) is 3. The first-order chi connectivity index (χ1) is 6.99. The summed E-state index contributed by atoms with van der Waals surface area (Å²) in [4.78, 5) is 10.8. The molecule has 0 bridgehead atoms. The van der Waals surface area contributed by atoms with Crippen molar-refractivity contribution in [2.45, 2.75) is 45.2 Å². The largest absolute Gasteiger partial charge is 0.368 e. The van der Waals surface area contributed by atoms with E-state index in [9.17, 15) is 4.79 Å². The molecule has 0 aromatic carbocycles. The lowest BCUT2D eigenvalue weighted by atomic mass is 9.80. The van der Waals surface area contributed by atoms with Crippen molar-refractivity contribution in [3.8, 4) is 0 Å². The normalized spacial score (nSPS) is 33.7. The molecule has 0 aromatic rings. The van der Waals surface area contributed by atoms with Crippen molar-refractivity contribution < 1.29 is 4.79 Å². The van der Waals surface area contributed by atoms with E-state index in [0.717, 1.165) is 11.8 Å². The first kappa shape index (κ1) is 12.5. The summed E-state index contributed by atoms with van der Waals surface area (Å²) in [6.45, 7) is 5.05. The highest BCUT2D eigenvalue weighted by atomic mass is 16.1. The standard InChI is InChI=1S/C11H23N3O/c1-7-3-8(2)5-9(4-7)14-6-10(12)11(13)15/h7-10,14H,3-6,12H2,1-2H3,(H2,13,15). The van der Waals surface area contributed by atoms with Gasteiger partial charge < -0.3 is 16.8 Å². The molecule has 1 aliphatic carbocycles. The molecule has 1 aliphatic rings. The molecule has 1 fully saturated rings. The summed E-state index contributed by atoms with van der Waals surface area (Å²) < 4.78 is 0. The molecule has 4 nitrogen and oxygen atoms in total. The van der Waals surface area contributed by atoms with Gasteiger partial charge in [-0.2, -0.15) is 0 Å². The van der Waals surface area contributed by atoms with Gasteiger partial charge in [-0.05, 0) is 31.1 Å². The first-order valence-electron chi connectivity index (χ1n) is 5.77. The van der Waals surface area contributed by atoms with Crippen LogP contribution in [0.15, 0.2) is 0 Å². The zero-order chi connectivity index (χ0) is 11.4. The number of carbonyl (C=O) groups is 1. The third-order valence-corrected chi connectivity index (χ3v) is 3.17. The predicted molar refractivity (Wildman–Crippen MR) is 61.1 cm³/mol. The lowest BCUT2D eigenvalue weighted by Gasteiger charge is -2.32. The van der Waals surface area contributed by atoms with E-state index < -0.39 is 11.9 Å². The summed E-state index contributed by atoms with van der Waals surface area (Å²) in [5.41, 5.74) is 10.7. The number of nitrogens with two attached hydrogens (primary N) is 2. The van der Waals surface area contributed by atoms with Gasteiger partial charge in [0.25, 0.3) is 0 Å². The fourth-order valence-electron chi connectivity index (χ4n) is 2.51. The highest BCUT2D eigenvalue weighted by Crippen LogP contribution is 2.28. The monoisotopic (exact) mass is 213 g/mol. The Morgan fingerprint density at radius 2 is 1.87 bits per heavy atom. The number of hydrogen-bond donors (Lipinski definition) is 3. The minimum Gasteiger partial charge on any atom is -0.368 e. The Morgan fingerprint density at radius 3 is 2.33 bits per heavy atom. The van der Waals surface area contributed by atoms with Crippen LogP contribution in [0, 0.1) is 11.8 Å². The molecule has 0 saturated heterocycles. The van der Waals surface area contributed by atoms with Gasteiger partial charge in [0.05, 0.1) is 6.04 Å². The summed E-state index contributed by atoms with van der Waals surface area (Å²) in [6, 6.07) is -0.0633. The van der Waals surface area contributed by atoms with Gasteiger partial charge in [-0.25, -0.2) is 0 Å². The van der Waals surface area contributed by atoms with E-state index in [-0.39, 0.29) is 0 Å². The van der Waals surface area contributed by atoms with E-state index >= 15 is 0 Å². The third kappa shape index (κ3) is 4.18.